The van der Waals surface area contributed by atoms with Crippen molar-refractivity contribution in [2.24, 2.45) is 11.8 Å². The second-order valence-electron chi connectivity index (χ2n) is 4.82. The Balaban J connectivity index is 1.80. The van der Waals surface area contributed by atoms with Gasteiger partial charge >= 0.3 is 23.9 Å². The number of esters is 4. The summed E-state index contributed by atoms with van der Waals surface area (Å²) < 4.78 is 8.87. The van der Waals surface area contributed by atoms with Crippen LogP contribution in [0.4, 0.5) is 0 Å². The zero-order chi connectivity index (χ0) is 13.1. The molecule has 98 valence electrons. The third-order valence-electron chi connectivity index (χ3n) is 3.26. The molecule has 0 aromatic rings. The van der Waals surface area contributed by atoms with Gasteiger partial charge in [0.15, 0.2) is 0 Å². The molecule has 18 heavy (non-hydrogen) atoms. The van der Waals surface area contributed by atoms with E-state index in [0.717, 1.165) is 0 Å². The van der Waals surface area contributed by atoms with Crippen LogP contribution in [0.25, 0.3) is 0 Å². The van der Waals surface area contributed by atoms with Crippen LogP contribution in [0, 0.1) is 11.8 Å². The van der Waals surface area contributed by atoms with Crippen LogP contribution in [0.5, 0.6) is 0 Å². The Morgan fingerprint density at radius 2 is 0.944 bits per heavy atom. The molecule has 2 saturated heterocycles. The number of carbonyl (C=O) groups excluding carboxylic acids is 4. The minimum Gasteiger partial charge on any atom is -0.393 e. The molecule has 0 aromatic carbocycles. The molecule has 0 atom stereocenters. The van der Waals surface area contributed by atoms with Gasteiger partial charge in [0.2, 0.25) is 0 Å². The topological polar surface area (TPSA) is 86.7 Å². The molecule has 0 unspecified atom stereocenters. The number of hydrogen-bond donors (Lipinski definition) is 0. The van der Waals surface area contributed by atoms with E-state index in [1.165, 1.54) is 0 Å². The van der Waals surface area contributed by atoms with Gasteiger partial charge in [0.1, 0.15) is 0 Å². The summed E-state index contributed by atoms with van der Waals surface area (Å²) >= 11 is 0. The molecule has 2 aliphatic rings. The van der Waals surface area contributed by atoms with Gasteiger partial charge in [0.05, 0.1) is 0 Å². The monoisotopic (exact) mass is 254 g/mol. The summed E-state index contributed by atoms with van der Waals surface area (Å²) in [7, 11) is 0. The second-order valence-corrected chi connectivity index (χ2v) is 4.82. The highest BCUT2D eigenvalue weighted by Gasteiger charge is 2.30. The van der Waals surface area contributed by atoms with Gasteiger partial charge in [-0.05, 0) is 24.7 Å². The van der Waals surface area contributed by atoms with Gasteiger partial charge in [0.25, 0.3) is 0 Å². The molecule has 2 heterocycles. The minimum atomic E-state index is -0.490. The van der Waals surface area contributed by atoms with E-state index in [1.807, 2.05) is 0 Å². The Morgan fingerprint density at radius 3 is 1.22 bits per heavy atom. The molecule has 0 radical (unpaired) electrons. The zero-order valence-corrected chi connectivity index (χ0v) is 9.85. The standard InChI is InChI=1S/C12H14O6/c13-9-3-7(4-10(14)17-9)1-2-8-5-11(15)18-12(16)6-8/h7-8H,1-6H2. The first-order valence-corrected chi connectivity index (χ1v) is 6.00. The molecule has 0 spiro atoms. The first-order chi connectivity index (χ1) is 8.52. The SMILES string of the molecule is O=C1CC(CCC2CC(=O)OC(=O)C2)CC(=O)O1. The van der Waals surface area contributed by atoms with Crippen LogP contribution >= 0.6 is 0 Å². The van der Waals surface area contributed by atoms with Gasteiger partial charge in [-0.25, -0.2) is 0 Å². The first-order valence-electron chi connectivity index (χ1n) is 6.00. The van der Waals surface area contributed by atoms with Crippen LogP contribution in [0.15, 0.2) is 0 Å². The summed E-state index contributed by atoms with van der Waals surface area (Å²) in [6, 6.07) is 0. The van der Waals surface area contributed by atoms with E-state index in [4.69, 9.17) is 0 Å². The number of ether oxygens (including phenoxy) is 2. The Kier molecular flexibility index (Phi) is 3.74. The van der Waals surface area contributed by atoms with Crippen molar-refractivity contribution in [3.05, 3.63) is 0 Å². The van der Waals surface area contributed by atoms with Crippen molar-refractivity contribution in [2.45, 2.75) is 38.5 Å². The lowest BCUT2D eigenvalue weighted by molar-refractivity contribution is -0.168. The average Bonchev–Trinajstić information content (AvgIpc) is 2.23. The molecule has 2 fully saturated rings. The smallest absolute Gasteiger partial charge is 0.313 e. The third-order valence-corrected chi connectivity index (χ3v) is 3.26. The largest absolute Gasteiger partial charge is 0.393 e. The lowest BCUT2D eigenvalue weighted by atomic mass is 9.87. The maximum atomic E-state index is 11.1. The second kappa shape index (κ2) is 5.29. The summed E-state index contributed by atoms with van der Waals surface area (Å²) in [6.45, 7) is 0. The summed E-state index contributed by atoms with van der Waals surface area (Å²) in [6.07, 6.45) is 2.22. The van der Waals surface area contributed by atoms with E-state index >= 15 is 0 Å². The first kappa shape index (κ1) is 12.7. The van der Waals surface area contributed by atoms with Crippen molar-refractivity contribution in [3.63, 3.8) is 0 Å². The highest BCUT2D eigenvalue weighted by molar-refractivity contribution is 5.89. The van der Waals surface area contributed by atoms with Crippen LogP contribution in [0.2, 0.25) is 0 Å². The molecular formula is C12H14O6. The lowest BCUT2D eigenvalue weighted by Crippen LogP contribution is -2.28. The predicted octanol–water partition coefficient (Wildman–Crippen LogP) is 0.726. The van der Waals surface area contributed by atoms with Crippen LogP contribution in [-0.4, -0.2) is 23.9 Å². The van der Waals surface area contributed by atoms with Gasteiger partial charge in [-0.3, -0.25) is 19.2 Å². The van der Waals surface area contributed by atoms with E-state index in [2.05, 4.69) is 9.47 Å². The molecular weight excluding hydrogens is 240 g/mol. The lowest BCUT2D eigenvalue weighted by Gasteiger charge is -2.23. The van der Waals surface area contributed by atoms with Gasteiger partial charge < -0.3 is 9.47 Å². The Hall–Kier alpha value is -1.72. The molecule has 2 aliphatic heterocycles. The number of rotatable bonds is 3. The van der Waals surface area contributed by atoms with Crippen molar-refractivity contribution in [2.75, 3.05) is 0 Å². The number of carbonyl (C=O) groups is 4. The normalized spacial score (nSPS) is 22.9. The highest BCUT2D eigenvalue weighted by atomic mass is 16.6. The van der Waals surface area contributed by atoms with E-state index < -0.39 is 23.9 Å². The van der Waals surface area contributed by atoms with Gasteiger partial charge in [0, 0.05) is 25.7 Å². The van der Waals surface area contributed by atoms with Crippen molar-refractivity contribution in [1.29, 1.82) is 0 Å². The van der Waals surface area contributed by atoms with Crippen LogP contribution < -0.4 is 0 Å². The molecule has 0 saturated carbocycles. The third kappa shape index (κ3) is 3.38. The summed E-state index contributed by atoms with van der Waals surface area (Å²) in [4.78, 5) is 44.3. The highest BCUT2D eigenvalue weighted by Crippen LogP contribution is 2.28. The van der Waals surface area contributed by atoms with Crippen molar-refractivity contribution in [3.8, 4) is 0 Å². The molecule has 0 amide bonds. The van der Waals surface area contributed by atoms with Gasteiger partial charge in [-0.2, -0.15) is 0 Å². The summed E-state index contributed by atoms with van der Waals surface area (Å²) in [5, 5.41) is 0. The zero-order valence-electron chi connectivity index (χ0n) is 9.85. The quantitative estimate of drug-likeness (QED) is 0.545. The molecule has 2 rings (SSSR count). The molecule has 0 N–H and O–H groups in total. The Bertz CT molecular complexity index is 329. The number of hydrogen-bond acceptors (Lipinski definition) is 6. The van der Waals surface area contributed by atoms with E-state index in [1.54, 1.807) is 0 Å². The van der Waals surface area contributed by atoms with E-state index in [-0.39, 0.29) is 37.5 Å². The van der Waals surface area contributed by atoms with Crippen molar-refractivity contribution >= 4 is 23.9 Å². The fourth-order valence-corrected chi connectivity index (χ4v) is 2.39. The molecule has 6 heteroatoms. The van der Waals surface area contributed by atoms with Gasteiger partial charge in [-0.1, -0.05) is 0 Å². The van der Waals surface area contributed by atoms with Gasteiger partial charge in [-0.15, -0.1) is 0 Å². The molecule has 0 aliphatic carbocycles. The van der Waals surface area contributed by atoms with Crippen LogP contribution in [0.1, 0.15) is 38.5 Å². The minimum absolute atomic E-state index is 0.0354. The van der Waals surface area contributed by atoms with E-state index in [9.17, 15) is 19.2 Å². The van der Waals surface area contributed by atoms with Crippen molar-refractivity contribution in [1.82, 2.24) is 0 Å². The van der Waals surface area contributed by atoms with E-state index in [0.29, 0.717) is 12.8 Å². The summed E-state index contributed by atoms with van der Waals surface area (Å²) in [5.74, 6) is -2.03. The predicted molar refractivity (Wildman–Crippen MR) is 56.9 cm³/mol. The maximum absolute atomic E-state index is 11.1. The Labute approximate surface area is 104 Å². The van der Waals surface area contributed by atoms with Crippen LogP contribution in [0.3, 0.4) is 0 Å². The molecule has 0 aromatic heterocycles. The molecule has 6 nitrogen and oxygen atoms in total. The fraction of sp³-hybridized carbons (Fsp3) is 0.667. The Morgan fingerprint density at radius 1 is 0.667 bits per heavy atom. The number of cyclic esters (lactones) is 4. The van der Waals surface area contributed by atoms with Crippen molar-refractivity contribution < 1.29 is 28.7 Å². The fourth-order valence-electron chi connectivity index (χ4n) is 2.39. The maximum Gasteiger partial charge on any atom is 0.313 e. The average molecular weight is 254 g/mol. The van der Waals surface area contributed by atoms with Crippen LogP contribution in [-0.2, 0) is 28.7 Å². The molecule has 0 bridgehead atoms. The summed E-state index contributed by atoms with van der Waals surface area (Å²) in [5.41, 5.74) is 0.